The van der Waals surface area contributed by atoms with Crippen LogP contribution in [0.25, 0.3) is 5.82 Å². The number of benzene rings is 2. The van der Waals surface area contributed by atoms with E-state index in [0.29, 0.717) is 11.3 Å². The second-order valence-electron chi connectivity index (χ2n) is 6.71. The molecule has 2 heterocycles. The molecule has 4 aromatic rings. The first-order chi connectivity index (χ1) is 15.5. The lowest BCUT2D eigenvalue weighted by atomic mass is 10.2. The van der Waals surface area contributed by atoms with Crippen molar-refractivity contribution >= 4 is 23.6 Å². The predicted octanol–water partition coefficient (Wildman–Crippen LogP) is 1.77. The third-order valence-corrected chi connectivity index (χ3v) is 4.51. The lowest BCUT2D eigenvalue weighted by molar-refractivity contribution is 0.0949. The number of nitrogens with one attached hydrogen (secondary N) is 1. The Morgan fingerprint density at radius 2 is 1.97 bits per heavy atom. The Morgan fingerprint density at radius 3 is 2.66 bits per heavy atom. The number of nitrogen functional groups attached to an aromatic ring is 1. The topological polar surface area (TPSA) is 140 Å². The van der Waals surface area contributed by atoms with Crippen molar-refractivity contribution < 1.29 is 13.8 Å². The fourth-order valence-corrected chi connectivity index (χ4v) is 2.89. The summed E-state index contributed by atoms with van der Waals surface area (Å²) in [6.07, 6.45) is 1.39. The second-order valence-corrected chi connectivity index (χ2v) is 6.71. The predicted molar refractivity (Wildman–Crippen MR) is 114 cm³/mol. The number of para-hydroxylation sites is 1. The van der Waals surface area contributed by atoms with Gasteiger partial charge in [0.05, 0.1) is 18.5 Å². The van der Waals surface area contributed by atoms with Crippen molar-refractivity contribution in [3.63, 3.8) is 0 Å². The Labute approximate surface area is 181 Å². The number of amides is 1. The van der Waals surface area contributed by atoms with Crippen LogP contribution in [-0.4, -0.2) is 44.5 Å². The average Bonchev–Trinajstić information content (AvgIpc) is 3.41. The Kier molecular flexibility index (Phi) is 5.83. The molecule has 32 heavy (non-hydrogen) atoms. The van der Waals surface area contributed by atoms with Crippen LogP contribution < -0.4 is 16.1 Å². The van der Waals surface area contributed by atoms with Crippen molar-refractivity contribution in [2.45, 2.75) is 6.54 Å². The maximum absolute atomic E-state index is 13.0. The molecule has 0 aliphatic carbocycles. The highest BCUT2D eigenvalue weighted by atomic mass is 19.1. The van der Waals surface area contributed by atoms with Gasteiger partial charge in [0, 0.05) is 12.7 Å². The van der Waals surface area contributed by atoms with E-state index in [4.69, 9.17) is 5.73 Å². The zero-order valence-corrected chi connectivity index (χ0v) is 16.9. The Morgan fingerprint density at radius 1 is 1.22 bits per heavy atom. The van der Waals surface area contributed by atoms with Crippen LogP contribution in [0.5, 0.6) is 0 Å². The number of carbonyl (C=O) groups is 1. The van der Waals surface area contributed by atoms with E-state index in [1.54, 1.807) is 0 Å². The van der Waals surface area contributed by atoms with Crippen LogP contribution in [0.1, 0.15) is 21.7 Å². The van der Waals surface area contributed by atoms with Gasteiger partial charge in [-0.15, -0.1) is 5.10 Å². The molecule has 0 aliphatic heterocycles. The molecule has 162 valence electrons. The van der Waals surface area contributed by atoms with Crippen molar-refractivity contribution in [3.05, 3.63) is 77.4 Å². The Balaban J connectivity index is 1.61. The van der Waals surface area contributed by atoms with Crippen LogP contribution >= 0.6 is 0 Å². The molecule has 0 bridgehead atoms. The van der Waals surface area contributed by atoms with Gasteiger partial charge >= 0.3 is 0 Å². The van der Waals surface area contributed by atoms with E-state index < -0.39 is 5.91 Å². The first kappa shape index (κ1) is 20.7. The molecule has 0 unspecified atom stereocenters. The summed E-state index contributed by atoms with van der Waals surface area (Å²) >= 11 is 0. The first-order valence-corrected chi connectivity index (χ1v) is 9.41. The molecular formula is C20H18FN9O2. The summed E-state index contributed by atoms with van der Waals surface area (Å²) in [6, 6.07) is 15.2. The molecule has 3 N–H and O–H groups in total. The fraction of sp³-hybridized carbons (Fsp3) is 0.100. The molecule has 4 rings (SSSR count). The summed E-state index contributed by atoms with van der Waals surface area (Å²) in [5, 5.41) is 19.2. The smallest absolute Gasteiger partial charge is 0.293 e. The lowest BCUT2D eigenvalue weighted by Crippen LogP contribution is -2.24. The van der Waals surface area contributed by atoms with Crippen LogP contribution in [0, 0.1) is 5.82 Å². The number of anilines is 2. The van der Waals surface area contributed by atoms with Gasteiger partial charge < -0.3 is 10.6 Å². The van der Waals surface area contributed by atoms with Gasteiger partial charge in [-0.05, 0) is 40.1 Å². The van der Waals surface area contributed by atoms with Crippen molar-refractivity contribution in [2.24, 2.45) is 5.10 Å². The molecular weight excluding hydrogens is 417 g/mol. The van der Waals surface area contributed by atoms with Gasteiger partial charge in [0.15, 0.2) is 5.69 Å². The summed E-state index contributed by atoms with van der Waals surface area (Å²) in [5.41, 5.74) is 10.1. The van der Waals surface area contributed by atoms with E-state index in [9.17, 15) is 9.18 Å². The summed E-state index contributed by atoms with van der Waals surface area (Å²) in [7, 11) is 1.85. The van der Waals surface area contributed by atoms with Crippen molar-refractivity contribution in [2.75, 3.05) is 17.7 Å². The number of hydrogen-bond acceptors (Lipinski definition) is 9. The molecule has 1 amide bonds. The number of nitrogens with zero attached hydrogens (tertiary/aromatic N) is 7. The Bertz CT molecular complexity index is 1240. The van der Waals surface area contributed by atoms with Crippen molar-refractivity contribution in [3.8, 4) is 5.82 Å². The molecule has 0 saturated heterocycles. The van der Waals surface area contributed by atoms with Gasteiger partial charge in [-0.3, -0.25) is 4.79 Å². The molecule has 2 aromatic carbocycles. The van der Waals surface area contributed by atoms with Crippen LogP contribution in [-0.2, 0) is 6.54 Å². The number of hydrogen-bond donors (Lipinski definition) is 2. The number of aromatic nitrogens is 5. The molecule has 11 nitrogen and oxygen atoms in total. The minimum atomic E-state index is -0.596. The molecule has 0 aliphatic rings. The molecule has 0 fully saturated rings. The van der Waals surface area contributed by atoms with Gasteiger partial charge in [0.1, 0.15) is 5.82 Å². The molecule has 12 heteroatoms. The first-order valence-electron chi connectivity index (χ1n) is 9.41. The van der Waals surface area contributed by atoms with Crippen LogP contribution in [0.4, 0.5) is 15.9 Å². The van der Waals surface area contributed by atoms with Crippen molar-refractivity contribution in [1.82, 2.24) is 30.7 Å². The summed E-state index contributed by atoms with van der Waals surface area (Å²) < 4.78 is 19.0. The lowest BCUT2D eigenvalue weighted by Gasteiger charge is -2.19. The van der Waals surface area contributed by atoms with E-state index in [0.717, 1.165) is 5.69 Å². The Hall–Kier alpha value is -4.61. The molecule has 2 aromatic heterocycles. The van der Waals surface area contributed by atoms with Gasteiger partial charge in [0.2, 0.25) is 11.6 Å². The monoisotopic (exact) mass is 435 g/mol. The van der Waals surface area contributed by atoms with E-state index in [2.05, 4.69) is 35.8 Å². The highest BCUT2D eigenvalue weighted by Crippen LogP contribution is 2.20. The maximum atomic E-state index is 13.0. The standard InChI is InChI=1S/C20H18FN9O2/c1-29(15-5-3-2-4-6-15)12-16-17(24-28-30(16)19-18(22)26-32-27-19)20(31)25-23-11-13-7-9-14(21)10-8-13/h2-11H,12H2,1H3,(H2,22,26)(H,25,31). The SMILES string of the molecule is CN(Cc1c(C(=O)NN=Cc2ccc(F)cc2)nnn1-c1nonc1N)c1ccccc1. The number of halogens is 1. The van der Waals surface area contributed by atoms with Crippen LogP contribution in [0.3, 0.4) is 0 Å². The minimum absolute atomic E-state index is 0.000182. The van der Waals surface area contributed by atoms with E-state index in [1.165, 1.54) is 35.2 Å². The third-order valence-electron chi connectivity index (χ3n) is 4.51. The maximum Gasteiger partial charge on any atom is 0.293 e. The second kappa shape index (κ2) is 9.04. The number of carbonyl (C=O) groups excluding carboxylic acids is 1. The van der Waals surface area contributed by atoms with E-state index in [-0.39, 0.29) is 29.7 Å². The normalized spacial score (nSPS) is 11.1. The van der Waals surface area contributed by atoms with Crippen LogP contribution in [0.15, 0.2) is 64.3 Å². The van der Waals surface area contributed by atoms with Gasteiger partial charge in [-0.25, -0.2) is 14.4 Å². The van der Waals surface area contributed by atoms with E-state index >= 15 is 0 Å². The quantitative estimate of drug-likeness (QED) is 0.331. The van der Waals surface area contributed by atoms with Gasteiger partial charge in [-0.2, -0.15) is 9.78 Å². The van der Waals surface area contributed by atoms with Crippen LogP contribution in [0.2, 0.25) is 0 Å². The third kappa shape index (κ3) is 4.43. The molecule has 0 spiro atoms. The highest BCUT2D eigenvalue weighted by molar-refractivity contribution is 5.94. The largest absolute Gasteiger partial charge is 0.378 e. The summed E-state index contributed by atoms with van der Waals surface area (Å²) in [5.74, 6) is -0.847. The molecule has 0 saturated carbocycles. The molecule has 0 radical (unpaired) electrons. The number of nitrogens with two attached hydrogens (primary N) is 1. The number of rotatable bonds is 7. The van der Waals surface area contributed by atoms with Gasteiger partial charge in [0.25, 0.3) is 5.91 Å². The summed E-state index contributed by atoms with van der Waals surface area (Å²) in [6.45, 7) is 0.244. The highest BCUT2D eigenvalue weighted by Gasteiger charge is 2.25. The van der Waals surface area contributed by atoms with Gasteiger partial charge in [-0.1, -0.05) is 35.5 Å². The zero-order valence-electron chi connectivity index (χ0n) is 16.9. The minimum Gasteiger partial charge on any atom is -0.378 e. The summed E-state index contributed by atoms with van der Waals surface area (Å²) in [4.78, 5) is 14.7. The zero-order chi connectivity index (χ0) is 22.5. The average molecular weight is 435 g/mol. The van der Waals surface area contributed by atoms with E-state index in [1.807, 2.05) is 42.3 Å². The number of hydrazone groups is 1. The molecule has 0 atom stereocenters. The fourth-order valence-electron chi connectivity index (χ4n) is 2.89. The van der Waals surface area contributed by atoms with Crippen molar-refractivity contribution in [1.29, 1.82) is 0 Å².